The van der Waals surface area contributed by atoms with E-state index in [-0.39, 0.29) is 16.7 Å². The summed E-state index contributed by atoms with van der Waals surface area (Å²) in [7, 11) is 0. The minimum atomic E-state index is -1.20. The Kier molecular flexibility index (Phi) is 3.05. The Morgan fingerprint density at radius 3 is 2.63 bits per heavy atom. The first kappa shape index (κ1) is 12.8. The van der Waals surface area contributed by atoms with Gasteiger partial charge in [0.15, 0.2) is 11.6 Å². The summed E-state index contributed by atoms with van der Waals surface area (Å²) in [5.41, 5.74) is 5.07. The molecule has 0 bridgehead atoms. The number of hydrogen-bond acceptors (Lipinski definition) is 3. The van der Waals surface area contributed by atoms with Gasteiger partial charge in [-0.2, -0.15) is 5.26 Å². The van der Waals surface area contributed by atoms with E-state index >= 15 is 0 Å². The summed E-state index contributed by atoms with van der Waals surface area (Å²) in [5.74, 6) is -2.28. The average molecular weight is 261 g/mol. The quantitative estimate of drug-likeness (QED) is 0.771. The summed E-state index contributed by atoms with van der Waals surface area (Å²) in [6, 6.07) is 5.36. The van der Waals surface area contributed by atoms with Crippen LogP contribution in [0.3, 0.4) is 0 Å². The van der Waals surface area contributed by atoms with Gasteiger partial charge in [0.05, 0.1) is 5.69 Å². The number of nitriles is 1. The fraction of sp³-hybridized carbons (Fsp3) is 0.0769. The van der Waals surface area contributed by atoms with Gasteiger partial charge in [0.1, 0.15) is 11.6 Å². The number of benzene rings is 1. The van der Waals surface area contributed by atoms with Gasteiger partial charge in [0, 0.05) is 16.8 Å². The van der Waals surface area contributed by atoms with Crippen LogP contribution in [0.4, 0.5) is 14.5 Å². The largest absolute Gasteiger partial charge is 0.396 e. The van der Waals surface area contributed by atoms with Crippen molar-refractivity contribution in [2.75, 3.05) is 5.73 Å². The number of rotatable bonds is 1. The van der Waals surface area contributed by atoms with Crippen LogP contribution in [-0.2, 0) is 0 Å². The van der Waals surface area contributed by atoms with E-state index in [1.807, 2.05) is 0 Å². The lowest BCUT2D eigenvalue weighted by atomic mass is 9.99. The SMILES string of the molecule is Cc1cc(-c2ccc(F)c(F)c2N)c(C#N)c(=O)[nH]1. The molecular weight excluding hydrogens is 252 g/mol. The van der Waals surface area contributed by atoms with E-state index < -0.39 is 22.9 Å². The van der Waals surface area contributed by atoms with Gasteiger partial charge in [-0.25, -0.2) is 8.78 Å². The second-order valence-corrected chi connectivity index (χ2v) is 4.00. The Bertz CT molecular complexity index is 760. The predicted molar refractivity (Wildman–Crippen MR) is 66.3 cm³/mol. The molecule has 2 aromatic rings. The molecule has 19 heavy (non-hydrogen) atoms. The van der Waals surface area contributed by atoms with Crippen LogP contribution in [0.25, 0.3) is 11.1 Å². The van der Waals surface area contributed by atoms with Crippen molar-refractivity contribution in [2.24, 2.45) is 0 Å². The number of halogens is 2. The molecule has 3 N–H and O–H groups in total. The van der Waals surface area contributed by atoms with Crippen molar-refractivity contribution in [1.29, 1.82) is 5.26 Å². The van der Waals surface area contributed by atoms with Gasteiger partial charge in [-0.15, -0.1) is 0 Å². The number of nitrogens with two attached hydrogens (primary N) is 1. The number of aromatic nitrogens is 1. The van der Waals surface area contributed by atoms with E-state index in [9.17, 15) is 13.6 Å². The van der Waals surface area contributed by atoms with Crippen molar-refractivity contribution in [2.45, 2.75) is 6.92 Å². The fourth-order valence-electron chi connectivity index (χ4n) is 1.81. The van der Waals surface area contributed by atoms with Crippen molar-refractivity contribution < 1.29 is 8.78 Å². The molecule has 0 unspecified atom stereocenters. The minimum absolute atomic E-state index is 0.115. The highest BCUT2D eigenvalue weighted by Gasteiger charge is 2.16. The predicted octanol–water partition coefficient (Wildman–Crippen LogP) is 2.08. The van der Waals surface area contributed by atoms with Crippen molar-refractivity contribution in [3.05, 3.63) is 51.4 Å². The monoisotopic (exact) mass is 261 g/mol. The van der Waals surface area contributed by atoms with Gasteiger partial charge in [-0.05, 0) is 25.1 Å². The number of aryl methyl sites for hydroxylation is 1. The first-order valence-corrected chi connectivity index (χ1v) is 5.33. The molecule has 0 aliphatic heterocycles. The number of nitrogens with zero attached hydrogens (tertiary/aromatic N) is 1. The summed E-state index contributed by atoms with van der Waals surface area (Å²) in [4.78, 5) is 14.1. The topological polar surface area (TPSA) is 82.7 Å². The van der Waals surface area contributed by atoms with E-state index in [4.69, 9.17) is 11.0 Å². The Morgan fingerprint density at radius 1 is 1.32 bits per heavy atom. The Hall–Kier alpha value is -2.68. The molecule has 0 fully saturated rings. The number of nitrogens with one attached hydrogen (secondary N) is 1. The lowest BCUT2D eigenvalue weighted by Gasteiger charge is -2.09. The Morgan fingerprint density at radius 2 is 2.00 bits per heavy atom. The lowest BCUT2D eigenvalue weighted by Crippen LogP contribution is -2.13. The molecule has 1 aromatic heterocycles. The molecule has 0 aliphatic rings. The number of H-pyrrole nitrogens is 1. The summed E-state index contributed by atoms with van der Waals surface area (Å²) in [6.45, 7) is 1.61. The van der Waals surface area contributed by atoms with Gasteiger partial charge in [0.2, 0.25) is 0 Å². The second kappa shape index (κ2) is 4.53. The molecule has 6 heteroatoms. The molecule has 4 nitrogen and oxygen atoms in total. The van der Waals surface area contributed by atoms with E-state index in [1.165, 1.54) is 12.1 Å². The number of pyridine rings is 1. The third-order valence-electron chi connectivity index (χ3n) is 2.70. The first-order valence-electron chi connectivity index (χ1n) is 5.33. The van der Waals surface area contributed by atoms with Crippen molar-refractivity contribution in [1.82, 2.24) is 4.98 Å². The molecule has 0 radical (unpaired) electrons. The summed E-state index contributed by atoms with van der Waals surface area (Å²) >= 11 is 0. The van der Waals surface area contributed by atoms with Crippen LogP contribution in [0.1, 0.15) is 11.3 Å². The molecule has 96 valence electrons. The van der Waals surface area contributed by atoms with Gasteiger partial charge in [-0.1, -0.05) is 0 Å². The summed E-state index contributed by atoms with van der Waals surface area (Å²) in [5, 5.41) is 8.99. The molecule has 2 rings (SSSR count). The summed E-state index contributed by atoms with van der Waals surface area (Å²) in [6.07, 6.45) is 0. The summed E-state index contributed by atoms with van der Waals surface area (Å²) < 4.78 is 26.5. The van der Waals surface area contributed by atoms with E-state index in [0.29, 0.717) is 5.69 Å². The maximum Gasteiger partial charge on any atom is 0.266 e. The Labute approximate surface area is 107 Å². The van der Waals surface area contributed by atoms with Crippen molar-refractivity contribution in [3.8, 4) is 17.2 Å². The van der Waals surface area contributed by atoms with Crippen molar-refractivity contribution >= 4 is 5.69 Å². The highest BCUT2D eigenvalue weighted by atomic mass is 19.2. The lowest BCUT2D eigenvalue weighted by molar-refractivity contribution is 0.512. The van der Waals surface area contributed by atoms with Gasteiger partial charge < -0.3 is 10.7 Å². The molecular formula is C13H9F2N3O. The zero-order chi connectivity index (χ0) is 14.2. The second-order valence-electron chi connectivity index (χ2n) is 4.00. The zero-order valence-electron chi connectivity index (χ0n) is 9.92. The molecule has 0 amide bonds. The number of hydrogen-bond donors (Lipinski definition) is 2. The maximum absolute atomic E-state index is 13.4. The van der Waals surface area contributed by atoms with Crippen LogP contribution in [0.15, 0.2) is 23.0 Å². The highest BCUT2D eigenvalue weighted by molar-refractivity contribution is 5.80. The molecule has 0 saturated heterocycles. The molecule has 1 aromatic carbocycles. The molecule has 0 atom stereocenters. The third-order valence-corrected chi connectivity index (χ3v) is 2.70. The van der Waals surface area contributed by atoms with E-state index in [1.54, 1.807) is 13.0 Å². The van der Waals surface area contributed by atoms with E-state index in [0.717, 1.165) is 6.07 Å². The number of anilines is 1. The van der Waals surface area contributed by atoms with Crippen LogP contribution < -0.4 is 11.3 Å². The molecule has 0 saturated carbocycles. The normalized spacial score (nSPS) is 10.2. The molecule has 1 heterocycles. The average Bonchev–Trinajstić information content (AvgIpc) is 2.35. The van der Waals surface area contributed by atoms with Crippen LogP contribution in [0, 0.1) is 29.9 Å². The minimum Gasteiger partial charge on any atom is -0.396 e. The fourth-order valence-corrected chi connectivity index (χ4v) is 1.81. The smallest absolute Gasteiger partial charge is 0.266 e. The van der Waals surface area contributed by atoms with Gasteiger partial charge >= 0.3 is 0 Å². The van der Waals surface area contributed by atoms with Crippen LogP contribution >= 0.6 is 0 Å². The van der Waals surface area contributed by atoms with Crippen LogP contribution in [0.2, 0.25) is 0 Å². The number of aromatic amines is 1. The van der Waals surface area contributed by atoms with Crippen LogP contribution in [-0.4, -0.2) is 4.98 Å². The third kappa shape index (κ3) is 2.06. The standard InChI is InChI=1S/C13H9F2N3O/c1-6-4-8(9(5-16)13(19)18-6)7-2-3-10(14)11(15)12(7)17/h2-4H,17H2,1H3,(H,18,19). The van der Waals surface area contributed by atoms with Gasteiger partial charge in [0.25, 0.3) is 5.56 Å². The molecule has 0 spiro atoms. The number of nitrogen functional groups attached to an aromatic ring is 1. The van der Waals surface area contributed by atoms with Gasteiger partial charge in [-0.3, -0.25) is 4.79 Å². The van der Waals surface area contributed by atoms with E-state index in [2.05, 4.69) is 4.98 Å². The highest BCUT2D eigenvalue weighted by Crippen LogP contribution is 2.30. The maximum atomic E-state index is 13.4. The van der Waals surface area contributed by atoms with Crippen molar-refractivity contribution in [3.63, 3.8) is 0 Å². The first-order chi connectivity index (χ1) is 8.95. The molecule has 0 aliphatic carbocycles. The zero-order valence-corrected chi connectivity index (χ0v) is 9.92. The Balaban J connectivity index is 2.84. The van der Waals surface area contributed by atoms with Crippen LogP contribution in [0.5, 0.6) is 0 Å².